The smallest absolute Gasteiger partial charge is 0.274 e. The van der Waals surface area contributed by atoms with Crippen molar-refractivity contribution in [3.05, 3.63) is 72.5 Å². The third-order valence-corrected chi connectivity index (χ3v) is 12.4. The molecule has 1 aromatic carbocycles. The van der Waals surface area contributed by atoms with Gasteiger partial charge in [0.05, 0.1) is 16.8 Å². The highest BCUT2D eigenvalue weighted by Crippen LogP contribution is 2.42. The molecule has 5 atom stereocenters. The van der Waals surface area contributed by atoms with E-state index >= 15 is 0 Å². The molecule has 4 heterocycles. The molecule has 0 spiro atoms. The zero-order valence-corrected chi connectivity index (χ0v) is 30.9. The van der Waals surface area contributed by atoms with Gasteiger partial charge in [-0.05, 0) is 57.6 Å². The topological polar surface area (TPSA) is 203 Å². The average molecular weight is 766 g/mol. The number of para-hydroxylation sites is 1. The Balaban J connectivity index is 1.34. The number of nitrogens with zero attached hydrogens (tertiary/aromatic N) is 4. The summed E-state index contributed by atoms with van der Waals surface area (Å²) in [6.45, 7) is 7.09. The molecule has 4 amide bonds. The van der Waals surface area contributed by atoms with E-state index in [0.29, 0.717) is 56.2 Å². The molecule has 3 aromatic rings. The Labute approximate surface area is 312 Å². The number of nitrogens with one attached hydrogen (secondary N) is 3. The van der Waals surface area contributed by atoms with Gasteiger partial charge < -0.3 is 24.8 Å². The van der Waals surface area contributed by atoms with E-state index in [1.165, 1.54) is 35.4 Å². The highest BCUT2D eigenvalue weighted by molar-refractivity contribution is 7.91. The standard InChI is InChI=1S/C37H44FN7O8S/c1-4-22-12-9-7-6-8-10-14-28(40-32(46)27-16-19-52-43-27)36(49)45-21-23(53-35-25(5-2)39-26-15-11-13-24(38)31(26)42-35)20-29(45)33(47)41-30(22)34(48)44-54(50,51)37(3)17-18-37/h4,9,11-13,15-16,19,22-23,28-30H,1,5-8,10,14,17-18,20-21H2,2-3H3,(H,40,46)(H,41,47)(H,44,48)/b12-9-/t22?,23-,28+,29+,30-/m1/s1. The summed E-state index contributed by atoms with van der Waals surface area (Å²) in [6, 6.07) is 2.05. The van der Waals surface area contributed by atoms with Gasteiger partial charge in [-0.15, -0.1) is 6.58 Å². The van der Waals surface area contributed by atoms with E-state index in [9.17, 15) is 32.0 Å². The molecular formula is C37H44FN7O8S. The summed E-state index contributed by atoms with van der Waals surface area (Å²) in [6.07, 6.45) is 9.27. The third-order valence-electron chi connectivity index (χ3n) is 10.2. The highest BCUT2D eigenvalue weighted by Gasteiger charge is 2.52. The van der Waals surface area contributed by atoms with E-state index < -0.39 is 74.4 Å². The largest absolute Gasteiger partial charge is 0.471 e. The minimum Gasteiger partial charge on any atom is -0.471 e. The van der Waals surface area contributed by atoms with Crippen LogP contribution in [0.15, 0.2) is 59.9 Å². The number of benzene rings is 1. The van der Waals surface area contributed by atoms with Gasteiger partial charge in [0.1, 0.15) is 41.7 Å². The quantitative estimate of drug-likeness (QED) is 0.270. The number of allylic oxidation sites excluding steroid dienone is 1. The molecule has 17 heteroatoms. The number of aryl methyl sites for hydroxylation is 1. The number of ether oxygens (including phenoxy) is 1. The Morgan fingerprint density at radius 1 is 1.19 bits per heavy atom. The summed E-state index contributed by atoms with van der Waals surface area (Å²) in [5, 5.41) is 9.13. The molecule has 54 heavy (non-hydrogen) atoms. The molecule has 6 rings (SSSR count). The van der Waals surface area contributed by atoms with Gasteiger partial charge >= 0.3 is 0 Å². The molecular weight excluding hydrogens is 722 g/mol. The fourth-order valence-electron chi connectivity index (χ4n) is 6.66. The van der Waals surface area contributed by atoms with E-state index in [-0.39, 0.29) is 36.5 Å². The lowest BCUT2D eigenvalue weighted by Gasteiger charge is -2.30. The van der Waals surface area contributed by atoms with Crippen LogP contribution in [-0.2, 0) is 30.8 Å². The highest BCUT2D eigenvalue weighted by atomic mass is 32.2. The van der Waals surface area contributed by atoms with E-state index in [0.717, 1.165) is 0 Å². The number of carbonyl (C=O) groups is 4. The van der Waals surface area contributed by atoms with Crippen molar-refractivity contribution in [1.82, 2.24) is 35.4 Å². The molecule has 1 unspecified atom stereocenters. The molecule has 2 fully saturated rings. The monoisotopic (exact) mass is 765 g/mol. The first kappa shape index (κ1) is 38.5. The van der Waals surface area contributed by atoms with Crippen LogP contribution in [0.2, 0.25) is 0 Å². The van der Waals surface area contributed by atoms with E-state index in [2.05, 4.69) is 37.1 Å². The van der Waals surface area contributed by atoms with Crippen molar-refractivity contribution in [2.75, 3.05) is 6.54 Å². The fraction of sp³-hybridized carbons (Fsp3) is 0.486. The minimum atomic E-state index is -4.07. The third kappa shape index (κ3) is 8.30. The van der Waals surface area contributed by atoms with Gasteiger partial charge in [0.25, 0.3) is 11.8 Å². The molecule has 288 valence electrons. The lowest BCUT2D eigenvalue weighted by molar-refractivity contribution is -0.141. The van der Waals surface area contributed by atoms with Crippen LogP contribution in [0.1, 0.15) is 81.4 Å². The zero-order chi connectivity index (χ0) is 38.6. The number of carbonyl (C=O) groups excluding carboxylic acids is 4. The van der Waals surface area contributed by atoms with Gasteiger partial charge in [-0.1, -0.05) is 49.2 Å². The number of amides is 4. The lowest BCUT2D eigenvalue weighted by atomic mass is 9.97. The first-order chi connectivity index (χ1) is 25.8. The van der Waals surface area contributed by atoms with Crippen LogP contribution in [0.5, 0.6) is 5.88 Å². The number of fused-ring (bicyclic) bond motifs is 2. The van der Waals surface area contributed by atoms with Gasteiger partial charge in [0.2, 0.25) is 27.7 Å². The first-order valence-corrected chi connectivity index (χ1v) is 19.6. The Hall–Kier alpha value is -5.19. The second kappa shape index (κ2) is 16.0. The fourth-order valence-corrected chi connectivity index (χ4v) is 7.94. The average Bonchev–Trinajstić information content (AvgIpc) is 3.49. The van der Waals surface area contributed by atoms with Crippen LogP contribution in [-0.4, -0.2) is 87.6 Å². The van der Waals surface area contributed by atoms with Gasteiger partial charge in [-0.25, -0.2) is 22.8 Å². The molecule has 1 saturated carbocycles. The summed E-state index contributed by atoms with van der Waals surface area (Å²) in [4.78, 5) is 65.9. The van der Waals surface area contributed by atoms with Crippen molar-refractivity contribution >= 4 is 44.7 Å². The van der Waals surface area contributed by atoms with Crippen molar-refractivity contribution in [3.8, 4) is 5.88 Å². The number of sulfonamides is 1. The van der Waals surface area contributed by atoms with Gasteiger partial charge in [0, 0.05) is 18.4 Å². The number of rotatable bonds is 9. The molecule has 1 aliphatic carbocycles. The van der Waals surface area contributed by atoms with Crippen molar-refractivity contribution in [1.29, 1.82) is 0 Å². The maximum atomic E-state index is 14.8. The molecule has 0 bridgehead atoms. The summed E-state index contributed by atoms with van der Waals surface area (Å²) in [5.41, 5.74) is 0.740. The van der Waals surface area contributed by atoms with Gasteiger partial charge in [-0.3, -0.25) is 23.9 Å². The summed E-state index contributed by atoms with van der Waals surface area (Å²) in [7, 11) is -4.07. The molecule has 3 N–H and O–H groups in total. The zero-order valence-electron chi connectivity index (χ0n) is 30.1. The summed E-state index contributed by atoms with van der Waals surface area (Å²) < 4.78 is 53.2. The molecule has 15 nitrogen and oxygen atoms in total. The Bertz CT molecular complexity index is 2050. The van der Waals surface area contributed by atoms with Crippen LogP contribution in [0.4, 0.5) is 4.39 Å². The maximum absolute atomic E-state index is 14.8. The number of hydrogen-bond acceptors (Lipinski definition) is 11. The summed E-state index contributed by atoms with van der Waals surface area (Å²) in [5.74, 6) is -4.29. The predicted octanol–water partition coefficient (Wildman–Crippen LogP) is 3.27. The molecule has 3 aliphatic rings. The van der Waals surface area contributed by atoms with Crippen LogP contribution < -0.4 is 20.1 Å². The Morgan fingerprint density at radius 3 is 2.69 bits per heavy atom. The molecule has 1 saturated heterocycles. The van der Waals surface area contributed by atoms with Crippen LogP contribution in [0.25, 0.3) is 11.0 Å². The Morgan fingerprint density at radius 2 is 1.98 bits per heavy atom. The van der Waals surface area contributed by atoms with Crippen molar-refractivity contribution < 1.29 is 41.2 Å². The van der Waals surface area contributed by atoms with Crippen LogP contribution >= 0.6 is 0 Å². The SMILES string of the molecule is C=CC1/C=C\CCCCC[C@H](NC(=O)c2ccon2)C(=O)N2C[C@H](Oc3nc4c(F)cccc4nc3CC)C[C@H]2C(=O)N[C@H]1C(=O)NS(=O)(=O)C1(C)CC1. The predicted molar refractivity (Wildman–Crippen MR) is 194 cm³/mol. The van der Waals surface area contributed by atoms with E-state index in [1.807, 2.05) is 13.0 Å². The van der Waals surface area contributed by atoms with Crippen LogP contribution in [0, 0.1) is 11.7 Å². The second-order valence-electron chi connectivity index (χ2n) is 14.1. The number of hydrogen-bond donors (Lipinski definition) is 3. The molecule has 0 radical (unpaired) electrons. The summed E-state index contributed by atoms with van der Waals surface area (Å²) >= 11 is 0. The minimum absolute atomic E-state index is 0.00520. The van der Waals surface area contributed by atoms with Gasteiger partial charge in [0.15, 0.2) is 11.5 Å². The van der Waals surface area contributed by atoms with Crippen molar-refractivity contribution in [2.45, 2.75) is 101 Å². The number of halogens is 1. The van der Waals surface area contributed by atoms with Crippen molar-refractivity contribution in [3.63, 3.8) is 0 Å². The normalized spacial score (nSPS) is 25.4. The number of aromatic nitrogens is 3. The lowest BCUT2D eigenvalue weighted by Crippen LogP contribution is -2.58. The van der Waals surface area contributed by atoms with Crippen LogP contribution in [0.3, 0.4) is 0 Å². The molecule has 2 aliphatic heterocycles. The Kier molecular flexibility index (Phi) is 11.4. The van der Waals surface area contributed by atoms with Gasteiger partial charge in [-0.2, -0.15) is 0 Å². The second-order valence-corrected chi connectivity index (χ2v) is 16.3. The van der Waals surface area contributed by atoms with Crippen molar-refractivity contribution in [2.24, 2.45) is 5.92 Å². The first-order valence-electron chi connectivity index (χ1n) is 18.1. The van der Waals surface area contributed by atoms with E-state index in [1.54, 1.807) is 19.1 Å². The maximum Gasteiger partial charge on any atom is 0.274 e. The molecule has 2 aromatic heterocycles. The van der Waals surface area contributed by atoms with E-state index in [4.69, 9.17) is 9.26 Å².